The summed E-state index contributed by atoms with van der Waals surface area (Å²) in [5.41, 5.74) is 1.54. The minimum absolute atomic E-state index is 0.0441. The SMILES string of the molecule is O=C(CN1CCN(C(=O)Nc2ccccc2)CC1=O)NCc1ccc2c(c1)OCO2. The normalized spacial score (nSPS) is 15.1. The van der Waals surface area contributed by atoms with E-state index in [-0.39, 0.29) is 37.7 Å². The van der Waals surface area contributed by atoms with Crippen molar-refractivity contribution >= 4 is 23.5 Å². The van der Waals surface area contributed by atoms with Gasteiger partial charge in [-0.05, 0) is 29.8 Å². The van der Waals surface area contributed by atoms with Crippen LogP contribution in [0.5, 0.6) is 11.5 Å². The van der Waals surface area contributed by atoms with Gasteiger partial charge in [0.1, 0.15) is 6.54 Å². The molecule has 2 aliphatic heterocycles. The molecule has 0 aliphatic carbocycles. The molecule has 0 spiro atoms. The topological polar surface area (TPSA) is 100 Å². The van der Waals surface area contributed by atoms with Gasteiger partial charge in [-0.15, -0.1) is 0 Å². The highest BCUT2D eigenvalue weighted by atomic mass is 16.7. The van der Waals surface area contributed by atoms with Gasteiger partial charge in [0.05, 0.1) is 6.54 Å². The number of anilines is 1. The van der Waals surface area contributed by atoms with Crippen LogP contribution in [0.4, 0.5) is 10.5 Å². The van der Waals surface area contributed by atoms with Gasteiger partial charge in [0.15, 0.2) is 11.5 Å². The number of fused-ring (bicyclic) bond motifs is 1. The zero-order valence-corrected chi connectivity index (χ0v) is 16.3. The molecule has 9 heteroatoms. The summed E-state index contributed by atoms with van der Waals surface area (Å²) >= 11 is 0. The molecule has 9 nitrogen and oxygen atoms in total. The van der Waals surface area contributed by atoms with Gasteiger partial charge in [0, 0.05) is 25.3 Å². The molecule has 2 N–H and O–H groups in total. The van der Waals surface area contributed by atoms with Gasteiger partial charge in [-0.2, -0.15) is 0 Å². The van der Waals surface area contributed by atoms with Gasteiger partial charge in [-0.3, -0.25) is 9.59 Å². The number of urea groups is 1. The number of carbonyl (C=O) groups is 3. The van der Waals surface area contributed by atoms with E-state index < -0.39 is 0 Å². The number of hydrogen-bond acceptors (Lipinski definition) is 5. The Morgan fingerprint density at radius 1 is 1.00 bits per heavy atom. The van der Waals surface area contributed by atoms with Crippen LogP contribution >= 0.6 is 0 Å². The number of nitrogens with one attached hydrogen (secondary N) is 2. The van der Waals surface area contributed by atoms with Crippen LogP contribution in [-0.4, -0.2) is 60.6 Å². The van der Waals surface area contributed by atoms with Crippen molar-refractivity contribution in [3.8, 4) is 11.5 Å². The van der Waals surface area contributed by atoms with Gasteiger partial charge in [-0.1, -0.05) is 24.3 Å². The fraction of sp³-hybridized carbons (Fsp3) is 0.286. The monoisotopic (exact) mass is 410 g/mol. The zero-order chi connectivity index (χ0) is 20.9. The summed E-state index contributed by atoms with van der Waals surface area (Å²) < 4.78 is 10.6. The Balaban J connectivity index is 1.23. The first-order chi connectivity index (χ1) is 14.6. The second kappa shape index (κ2) is 8.73. The highest BCUT2D eigenvalue weighted by molar-refractivity contribution is 5.94. The molecule has 0 saturated carbocycles. The van der Waals surface area contributed by atoms with E-state index in [2.05, 4.69) is 10.6 Å². The molecule has 2 aliphatic rings. The van der Waals surface area contributed by atoms with Crippen LogP contribution in [0, 0.1) is 0 Å². The van der Waals surface area contributed by atoms with Crippen molar-refractivity contribution in [2.45, 2.75) is 6.54 Å². The Morgan fingerprint density at radius 2 is 1.80 bits per heavy atom. The molecule has 2 aromatic rings. The van der Waals surface area contributed by atoms with Gasteiger partial charge in [-0.25, -0.2) is 4.79 Å². The Morgan fingerprint density at radius 3 is 2.60 bits per heavy atom. The van der Waals surface area contributed by atoms with E-state index in [1.165, 1.54) is 9.80 Å². The number of piperazine rings is 1. The number of amides is 4. The molecule has 1 fully saturated rings. The molecule has 1 saturated heterocycles. The lowest BCUT2D eigenvalue weighted by molar-refractivity contribution is -0.139. The molecule has 156 valence electrons. The molecule has 4 amide bonds. The summed E-state index contributed by atoms with van der Waals surface area (Å²) in [5, 5.41) is 5.56. The Bertz CT molecular complexity index is 950. The minimum Gasteiger partial charge on any atom is -0.454 e. The van der Waals surface area contributed by atoms with Gasteiger partial charge in [0.2, 0.25) is 18.6 Å². The van der Waals surface area contributed by atoms with Gasteiger partial charge >= 0.3 is 6.03 Å². The molecular formula is C21H22N4O5. The van der Waals surface area contributed by atoms with Gasteiger partial charge in [0.25, 0.3) is 0 Å². The van der Waals surface area contributed by atoms with E-state index in [4.69, 9.17) is 9.47 Å². The minimum atomic E-state index is -0.332. The molecule has 0 radical (unpaired) electrons. The van der Waals surface area contributed by atoms with Crippen LogP contribution in [0.1, 0.15) is 5.56 Å². The number of carbonyl (C=O) groups excluding carboxylic acids is 3. The smallest absolute Gasteiger partial charge is 0.322 e. The van der Waals surface area contributed by atoms with Crippen LogP contribution in [-0.2, 0) is 16.1 Å². The molecule has 0 bridgehead atoms. The third-order valence-electron chi connectivity index (χ3n) is 4.89. The molecular weight excluding hydrogens is 388 g/mol. The van der Waals surface area contributed by atoms with E-state index in [1.807, 2.05) is 30.3 Å². The summed E-state index contributed by atoms with van der Waals surface area (Å²) in [6.07, 6.45) is 0. The number of nitrogens with zero attached hydrogens (tertiary/aromatic N) is 2. The summed E-state index contributed by atoms with van der Waals surface area (Å²) in [7, 11) is 0. The highest BCUT2D eigenvalue weighted by Gasteiger charge is 2.28. The van der Waals surface area contributed by atoms with Crippen molar-refractivity contribution in [1.29, 1.82) is 0 Å². The molecule has 2 heterocycles. The van der Waals surface area contributed by atoms with E-state index in [0.29, 0.717) is 36.8 Å². The number of para-hydroxylation sites is 1. The number of rotatable bonds is 5. The van der Waals surface area contributed by atoms with Crippen LogP contribution in [0.3, 0.4) is 0 Å². The second-order valence-electron chi connectivity index (χ2n) is 7.00. The Labute approximate surface area is 173 Å². The first kappa shape index (κ1) is 19.6. The maximum atomic E-state index is 12.4. The van der Waals surface area contributed by atoms with E-state index in [0.717, 1.165) is 5.56 Å². The lowest BCUT2D eigenvalue weighted by atomic mass is 10.2. The first-order valence-electron chi connectivity index (χ1n) is 9.62. The van der Waals surface area contributed by atoms with Crippen molar-refractivity contribution < 1.29 is 23.9 Å². The summed E-state index contributed by atoms with van der Waals surface area (Å²) in [6.45, 7) is 1.08. The Hall–Kier alpha value is -3.75. The fourth-order valence-electron chi connectivity index (χ4n) is 3.25. The summed E-state index contributed by atoms with van der Waals surface area (Å²) in [6, 6.07) is 14.2. The first-order valence-corrected chi connectivity index (χ1v) is 9.62. The third-order valence-corrected chi connectivity index (χ3v) is 4.89. The molecule has 0 unspecified atom stereocenters. The van der Waals surface area contributed by atoms with Crippen molar-refractivity contribution in [3.05, 3.63) is 54.1 Å². The molecule has 2 aromatic carbocycles. The molecule has 0 atom stereocenters. The quantitative estimate of drug-likeness (QED) is 0.776. The van der Waals surface area contributed by atoms with Crippen LogP contribution in [0.25, 0.3) is 0 Å². The van der Waals surface area contributed by atoms with Crippen molar-refractivity contribution in [2.75, 3.05) is 38.3 Å². The lowest BCUT2D eigenvalue weighted by Gasteiger charge is -2.33. The average Bonchev–Trinajstić information content (AvgIpc) is 3.22. The van der Waals surface area contributed by atoms with Crippen molar-refractivity contribution in [1.82, 2.24) is 15.1 Å². The summed E-state index contributed by atoms with van der Waals surface area (Å²) in [5.74, 6) is 0.817. The third kappa shape index (κ3) is 4.62. The van der Waals surface area contributed by atoms with Crippen LogP contribution in [0.2, 0.25) is 0 Å². The summed E-state index contributed by atoms with van der Waals surface area (Å²) in [4.78, 5) is 39.9. The van der Waals surface area contributed by atoms with Crippen molar-refractivity contribution in [3.63, 3.8) is 0 Å². The predicted octanol–water partition coefficient (Wildman–Crippen LogP) is 1.41. The number of ether oxygens (including phenoxy) is 2. The van der Waals surface area contributed by atoms with E-state index in [1.54, 1.807) is 18.2 Å². The van der Waals surface area contributed by atoms with Gasteiger partial charge < -0.3 is 29.9 Å². The van der Waals surface area contributed by atoms with Crippen LogP contribution < -0.4 is 20.1 Å². The Kier molecular flexibility index (Phi) is 5.69. The highest BCUT2D eigenvalue weighted by Crippen LogP contribution is 2.32. The number of hydrogen-bond donors (Lipinski definition) is 2. The molecule has 0 aromatic heterocycles. The second-order valence-corrected chi connectivity index (χ2v) is 7.00. The maximum absolute atomic E-state index is 12.4. The molecule has 4 rings (SSSR count). The largest absolute Gasteiger partial charge is 0.454 e. The predicted molar refractivity (Wildman–Crippen MR) is 108 cm³/mol. The maximum Gasteiger partial charge on any atom is 0.322 e. The van der Waals surface area contributed by atoms with E-state index in [9.17, 15) is 14.4 Å². The van der Waals surface area contributed by atoms with Crippen LogP contribution in [0.15, 0.2) is 48.5 Å². The molecule has 30 heavy (non-hydrogen) atoms. The lowest BCUT2D eigenvalue weighted by Crippen LogP contribution is -2.55. The zero-order valence-electron chi connectivity index (χ0n) is 16.3. The fourth-order valence-corrected chi connectivity index (χ4v) is 3.25. The van der Waals surface area contributed by atoms with E-state index >= 15 is 0 Å². The number of benzene rings is 2. The van der Waals surface area contributed by atoms with Crippen molar-refractivity contribution in [2.24, 2.45) is 0 Å². The average molecular weight is 410 g/mol. The standard InChI is InChI=1S/C21H22N4O5/c26-19(22-11-15-6-7-17-18(10-15)30-14-29-17)12-24-8-9-25(13-20(24)27)21(28)23-16-4-2-1-3-5-16/h1-7,10H,8-9,11-14H2,(H,22,26)(H,23,28).